The van der Waals surface area contributed by atoms with E-state index in [0.29, 0.717) is 43.1 Å². The van der Waals surface area contributed by atoms with Crippen molar-refractivity contribution in [1.29, 1.82) is 0 Å². The molecule has 1 atom stereocenters. The first-order chi connectivity index (χ1) is 9.60. The second-order valence-corrected chi connectivity index (χ2v) is 4.48. The van der Waals surface area contributed by atoms with Crippen molar-refractivity contribution in [3.63, 3.8) is 0 Å². The standard InChI is InChI=1S/C13H21FN4O2/c1-10(20-9-11(5-14)6-15)7-17-13(16-2)18-4-3-12(19)8-18/h5,7,12,19H,2-4,6,8-9,15H2,1H3/b10-7+,11-5+,17-13+/t12-/m0/s1. The summed E-state index contributed by atoms with van der Waals surface area (Å²) < 4.78 is 17.6. The van der Waals surface area contributed by atoms with Crippen molar-refractivity contribution in [2.45, 2.75) is 19.4 Å². The number of nitrogens with zero attached hydrogens (tertiary/aromatic N) is 3. The number of aliphatic hydroxyl groups is 1. The predicted molar refractivity (Wildman–Crippen MR) is 77.1 cm³/mol. The third kappa shape index (κ3) is 5.10. The molecule has 1 aliphatic rings. The van der Waals surface area contributed by atoms with E-state index in [1.807, 2.05) is 4.90 Å². The molecule has 0 bridgehead atoms. The average Bonchev–Trinajstić information content (AvgIpc) is 2.87. The molecule has 112 valence electrons. The summed E-state index contributed by atoms with van der Waals surface area (Å²) in [5, 5.41) is 9.47. The SMILES string of the molecule is C=N/C(=N\C=C(/C)OC/C(=C/F)CN)N1CC[C@H](O)C1. The van der Waals surface area contributed by atoms with Crippen LogP contribution in [0.5, 0.6) is 0 Å². The highest BCUT2D eigenvalue weighted by atomic mass is 19.1. The quantitative estimate of drug-likeness (QED) is 0.444. The molecule has 0 aromatic carbocycles. The van der Waals surface area contributed by atoms with E-state index in [-0.39, 0.29) is 19.3 Å². The van der Waals surface area contributed by atoms with Gasteiger partial charge in [0.25, 0.3) is 0 Å². The van der Waals surface area contributed by atoms with Crippen molar-refractivity contribution in [1.82, 2.24) is 4.90 Å². The molecule has 1 aliphatic heterocycles. The maximum atomic E-state index is 12.3. The number of ether oxygens (including phenoxy) is 1. The smallest absolute Gasteiger partial charge is 0.224 e. The lowest BCUT2D eigenvalue weighted by atomic mass is 10.3. The van der Waals surface area contributed by atoms with Crippen LogP contribution in [0, 0.1) is 0 Å². The fraction of sp³-hybridized carbons (Fsp3) is 0.538. The second kappa shape index (κ2) is 8.44. The zero-order valence-electron chi connectivity index (χ0n) is 11.6. The molecule has 1 fully saturated rings. The van der Waals surface area contributed by atoms with Crippen LogP contribution in [-0.4, -0.2) is 55.0 Å². The van der Waals surface area contributed by atoms with E-state index < -0.39 is 0 Å². The highest BCUT2D eigenvalue weighted by Gasteiger charge is 2.22. The van der Waals surface area contributed by atoms with Crippen molar-refractivity contribution in [3.8, 4) is 0 Å². The van der Waals surface area contributed by atoms with Gasteiger partial charge >= 0.3 is 0 Å². The molecule has 1 rings (SSSR count). The summed E-state index contributed by atoms with van der Waals surface area (Å²) >= 11 is 0. The van der Waals surface area contributed by atoms with Crippen molar-refractivity contribution in [2.75, 3.05) is 26.2 Å². The number of likely N-dealkylation sites (tertiary alicyclic amines) is 1. The molecule has 7 heteroatoms. The molecular weight excluding hydrogens is 263 g/mol. The summed E-state index contributed by atoms with van der Waals surface area (Å²) in [6.45, 7) is 6.54. The largest absolute Gasteiger partial charge is 0.492 e. The Morgan fingerprint density at radius 2 is 2.40 bits per heavy atom. The number of hydrogen-bond donors (Lipinski definition) is 2. The summed E-state index contributed by atoms with van der Waals surface area (Å²) in [6.07, 6.45) is 2.26. The molecule has 0 amide bonds. The number of guanidine groups is 1. The lowest BCUT2D eigenvalue weighted by Crippen LogP contribution is -2.27. The van der Waals surface area contributed by atoms with E-state index >= 15 is 0 Å². The Morgan fingerprint density at radius 3 is 2.90 bits per heavy atom. The molecule has 0 saturated carbocycles. The van der Waals surface area contributed by atoms with Gasteiger partial charge in [-0.2, -0.15) is 0 Å². The van der Waals surface area contributed by atoms with E-state index in [9.17, 15) is 9.50 Å². The van der Waals surface area contributed by atoms with Crippen LogP contribution in [0.2, 0.25) is 0 Å². The number of aliphatic imine (C=N–C) groups is 2. The lowest BCUT2D eigenvalue weighted by molar-refractivity contribution is 0.188. The Balaban J connectivity index is 2.57. The van der Waals surface area contributed by atoms with Gasteiger partial charge in [-0.1, -0.05) is 0 Å². The Bertz CT molecular complexity index is 421. The van der Waals surface area contributed by atoms with E-state index in [1.165, 1.54) is 6.20 Å². The van der Waals surface area contributed by atoms with Crippen LogP contribution in [0.25, 0.3) is 0 Å². The first-order valence-corrected chi connectivity index (χ1v) is 6.36. The van der Waals surface area contributed by atoms with Crippen LogP contribution in [0.15, 0.2) is 33.8 Å². The van der Waals surface area contributed by atoms with Gasteiger partial charge in [0.2, 0.25) is 5.96 Å². The number of rotatable bonds is 5. The minimum absolute atomic E-state index is 0.0874. The zero-order valence-corrected chi connectivity index (χ0v) is 11.6. The summed E-state index contributed by atoms with van der Waals surface area (Å²) in [7, 11) is 0. The molecule has 1 saturated heterocycles. The van der Waals surface area contributed by atoms with Crippen molar-refractivity contribution in [2.24, 2.45) is 15.7 Å². The number of aliphatic hydroxyl groups excluding tert-OH is 1. The average molecular weight is 284 g/mol. The molecule has 0 aromatic rings. The lowest BCUT2D eigenvalue weighted by Gasteiger charge is -2.15. The van der Waals surface area contributed by atoms with Crippen LogP contribution in [0.1, 0.15) is 13.3 Å². The van der Waals surface area contributed by atoms with Gasteiger partial charge in [-0.05, 0) is 20.1 Å². The molecule has 0 spiro atoms. The minimum atomic E-state index is -0.356. The Labute approximate surface area is 118 Å². The number of halogens is 1. The van der Waals surface area contributed by atoms with E-state index in [4.69, 9.17) is 10.5 Å². The summed E-state index contributed by atoms with van der Waals surface area (Å²) in [5.74, 6) is 0.947. The molecule has 3 N–H and O–H groups in total. The fourth-order valence-corrected chi connectivity index (χ4v) is 1.67. The first-order valence-electron chi connectivity index (χ1n) is 6.36. The highest BCUT2D eigenvalue weighted by Crippen LogP contribution is 2.10. The van der Waals surface area contributed by atoms with E-state index in [2.05, 4.69) is 16.7 Å². The van der Waals surface area contributed by atoms with E-state index in [1.54, 1.807) is 6.92 Å². The maximum Gasteiger partial charge on any atom is 0.224 e. The van der Waals surface area contributed by atoms with Gasteiger partial charge in [-0.3, -0.25) is 0 Å². The highest BCUT2D eigenvalue weighted by molar-refractivity contribution is 5.84. The Hall–Kier alpha value is -1.73. The van der Waals surface area contributed by atoms with Gasteiger partial charge in [0.15, 0.2) is 0 Å². The maximum absolute atomic E-state index is 12.3. The monoisotopic (exact) mass is 284 g/mol. The van der Waals surface area contributed by atoms with Crippen LogP contribution in [0.3, 0.4) is 0 Å². The first kappa shape index (κ1) is 16.3. The third-order valence-corrected chi connectivity index (χ3v) is 2.85. The van der Waals surface area contributed by atoms with Gasteiger partial charge < -0.3 is 20.5 Å². The van der Waals surface area contributed by atoms with E-state index in [0.717, 1.165) is 0 Å². The van der Waals surface area contributed by atoms with Gasteiger partial charge in [0.05, 0.1) is 18.6 Å². The van der Waals surface area contributed by atoms with Crippen molar-refractivity contribution in [3.05, 3.63) is 23.9 Å². The van der Waals surface area contributed by atoms with Gasteiger partial charge in [-0.15, -0.1) is 0 Å². The molecule has 0 unspecified atom stereocenters. The second-order valence-electron chi connectivity index (χ2n) is 4.48. The fourth-order valence-electron chi connectivity index (χ4n) is 1.67. The minimum Gasteiger partial charge on any atom is -0.492 e. The normalized spacial score (nSPS) is 21.3. The molecule has 0 aromatic heterocycles. The number of hydrogen-bond acceptors (Lipinski definition) is 4. The van der Waals surface area contributed by atoms with Gasteiger partial charge in [0, 0.05) is 25.2 Å². The zero-order chi connectivity index (χ0) is 15.0. The Morgan fingerprint density at radius 1 is 1.65 bits per heavy atom. The number of nitrogens with two attached hydrogens (primary N) is 1. The van der Waals surface area contributed by atoms with Crippen LogP contribution < -0.4 is 5.73 Å². The summed E-state index contributed by atoms with van der Waals surface area (Å²) in [5.41, 5.74) is 5.69. The number of β-amino-alcohol motifs (C(OH)–C–C–N with tert-alkyl or cyclic N) is 1. The molecule has 6 nitrogen and oxygen atoms in total. The van der Waals surface area contributed by atoms with Gasteiger partial charge in [0.1, 0.15) is 12.4 Å². The topological polar surface area (TPSA) is 83.4 Å². The molecule has 20 heavy (non-hydrogen) atoms. The molecular formula is C13H21FN4O2. The summed E-state index contributed by atoms with van der Waals surface area (Å²) in [4.78, 5) is 9.83. The van der Waals surface area contributed by atoms with Crippen molar-refractivity contribution < 1.29 is 14.2 Å². The third-order valence-electron chi connectivity index (χ3n) is 2.85. The Kier molecular flexibility index (Phi) is 6.89. The molecule has 1 heterocycles. The van der Waals surface area contributed by atoms with Crippen LogP contribution in [0.4, 0.5) is 4.39 Å². The summed E-state index contributed by atoms with van der Waals surface area (Å²) in [6, 6.07) is 0. The number of allylic oxidation sites excluding steroid dienone is 1. The van der Waals surface area contributed by atoms with Gasteiger partial charge in [-0.25, -0.2) is 14.4 Å². The predicted octanol–water partition coefficient (Wildman–Crippen LogP) is 0.800. The molecule has 0 aliphatic carbocycles. The molecule has 0 radical (unpaired) electrons. The van der Waals surface area contributed by atoms with Crippen LogP contribution in [-0.2, 0) is 4.74 Å². The van der Waals surface area contributed by atoms with Crippen LogP contribution >= 0.6 is 0 Å². The van der Waals surface area contributed by atoms with Crippen molar-refractivity contribution >= 4 is 12.7 Å².